The molecule has 0 unspecified atom stereocenters. The molecule has 0 saturated carbocycles. The number of rotatable bonds is 6. The van der Waals surface area contributed by atoms with Gasteiger partial charge in [-0.1, -0.05) is 32.0 Å². The molecule has 0 amide bonds. The van der Waals surface area contributed by atoms with E-state index < -0.39 is 5.41 Å². The molecule has 0 radical (unpaired) electrons. The maximum absolute atomic E-state index is 13.5. The molecule has 0 aliphatic rings. The van der Waals surface area contributed by atoms with Crippen molar-refractivity contribution in [2.75, 3.05) is 6.54 Å². The molecule has 17 heavy (non-hydrogen) atoms. The summed E-state index contributed by atoms with van der Waals surface area (Å²) in [6.45, 7) is 4.23. The number of carbonyl (C=O) groups is 1. The highest BCUT2D eigenvalue weighted by Gasteiger charge is 2.33. The van der Waals surface area contributed by atoms with Gasteiger partial charge in [-0.3, -0.25) is 4.79 Å². The van der Waals surface area contributed by atoms with E-state index in [1.54, 1.807) is 18.2 Å². The van der Waals surface area contributed by atoms with Gasteiger partial charge >= 0.3 is 0 Å². The zero-order chi connectivity index (χ0) is 12.9. The first-order valence-corrected chi connectivity index (χ1v) is 6.06. The van der Waals surface area contributed by atoms with Gasteiger partial charge in [-0.05, 0) is 24.5 Å². The van der Waals surface area contributed by atoms with Gasteiger partial charge in [-0.15, -0.1) is 0 Å². The fraction of sp³-hybridized carbons (Fsp3) is 0.500. The molecular weight excluding hydrogens is 217 g/mol. The lowest BCUT2D eigenvalue weighted by Crippen LogP contribution is -2.38. The van der Waals surface area contributed by atoms with Gasteiger partial charge in [0.1, 0.15) is 11.6 Å². The van der Waals surface area contributed by atoms with E-state index in [1.165, 1.54) is 6.07 Å². The number of benzene rings is 1. The Kier molecular flexibility index (Phi) is 4.82. The summed E-state index contributed by atoms with van der Waals surface area (Å²) in [5.41, 5.74) is 5.66. The third-order valence-corrected chi connectivity index (χ3v) is 3.64. The average molecular weight is 237 g/mol. The van der Waals surface area contributed by atoms with Crippen LogP contribution in [0.5, 0.6) is 0 Å². The van der Waals surface area contributed by atoms with Gasteiger partial charge < -0.3 is 5.73 Å². The van der Waals surface area contributed by atoms with E-state index in [0.29, 0.717) is 24.9 Å². The maximum atomic E-state index is 13.5. The number of halogens is 1. The highest BCUT2D eigenvalue weighted by Crippen LogP contribution is 2.28. The Morgan fingerprint density at radius 1 is 1.29 bits per heavy atom. The Bertz CT molecular complexity index is 377. The van der Waals surface area contributed by atoms with Gasteiger partial charge in [0, 0.05) is 18.4 Å². The number of hydrogen-bond acceptors (Lipinski definition) is 2. The van der Waals surface area contributed by atoms with Crippen molar-refractivity contribution in [1.29, 1.82) is 0 Å². The Balaban J connectivity index is 2.88. The van der Waals surface area contributed by atoms with Crippen LogP contribution in [0.15, 0.2) is 24.3 Å². The summed E-state index contributed by atoms with van der Waals surface area (Å²) in [6, 6.07) is 6.40. The van der Waals surface area contributed by atoms with Crippen LogP contribution in [0.1, 0.15) is 32.3 Å². The zero-order valence-corrected chi connectivity index (χ0v) is 10.5. The Labute approximate surface area is 102 Å². The van der Waals surface area contributed by atoms with Crippen molar-refractivity contribution in [2.45, 2.75) is 33.1 Å². The Hall–Kier alpha value is -1.22. The third kappa shape index (κ3) is 2.91. The van der Waals surface area contributed by atoms with Crippen molar-refractivity contribution in [3.8, 4) is 0 Å². The number of carbonyl (C=O) groups excluding carboxylic acids is 1. The molecule has 0 spiro atoms. The van der Waals surface area contributed by atoms with Crippen LogP contribution in [0.4, 0.5) is 4.39 Å². The predicted molar refractivity (Wildman–Crippen MR) is 67.2 cm³/mol. The quantitative estimate of drug-likeness (QED) is 0.826. The second kappa shape index (κ2) is 5.92. The van der Waals surface area contributed by atoms with E-state index in [1.807, 2.05) is 13.8 Å². The normalized spacial score (nSPS) is 11.5. The van der Waals surface area contributed by atoms with E-state index in [-0.39, 0.29) is 18.0 Å². The topological polar surface area (TPSA) is 43.1 Å². The van der Waals surface area contributed by atoms with Crippen LogP contribution in [0.3, 0.4) is 0 Å². The first-order valence-electron chi connectivity index (χ1n) is 6.06. The van der Waals surface area contributed by atoms with Crippen LogP contribution in [-0.4, -0.2) is 12.3 Å². The van der Waals surface area contributed by atoms with E-state index in [4.69, 9.17) is 5.73 Å². The van der Waals surface area contributed by atoms with Crippen molar-refractivity contribution in [1.82, 2.24) is 0 Å². The third-order valence-electron chi connectivity index (χ3n) is 3.64. The molecule has 0 fully saturated rings. The maximum Gasteiger partial charge on any atom is 0.144 e. The highest BCUT2D eigenvalue weighted by molar-refractivity contribution is 5.87. The lowest BCUT2D eigenvalue weighted by molar-refractivity contribution is -0.128. The van der Waals surface area contributed by atoms with Crippen LogP contribution in [0.2, 0.25) is 0 Å². The molecule has 0 aromatic heterocycles. The van der Waals surface area contributed by atoms with Crippen molar-refractivity contribution in [3.63, 3.8) is 0 Å². The van der Waals surface area contributed by atoms with Crippen molar-refractivity contribution >= 4 is 5.78 Å². The van der Waals surface area contributed by atoms with E-state index in [9.17, 15) is 9.18 Å². The van der Waals surface area contributed by atoms with Crippen molar-refractivity contribution < 1.29 is 9.18 Å². The van der Waals surface area contributed by atoms with Gasteiger partial charge in [0.15, 0.2) is 0 Å². The molecule has 0 heterocycles. The van der Waals surface area contributed by atoms with Crippen LogP contribution >= 0.6 is 0 Å². The molecule has 1 aromatic rings. The molecule has 0 bridgehead atoms. The Morgan fingerprint density at radius 2 is 1.88 bits per heavy atom. The predicted octanol–water partition coefficient (Wildman–Crippen LogP) is 2.70. The molecule has 94 valence electrons. The second-order valence-corrected chi connectivity index (χ2v) is 4.38. The zero-order valence-electron chi connectivity index (χ0n) is 10.5. The summed E-state index contributed by atoms with van der Waals surface area (Å²) in [5.74, 6) is -0.283. The van der Waals surface area contributed by atoms with Crippen molar-refractivity contribution in [3.05, 3.63) is 35.6 Å². The average Bonchev–Trinajstić information content (AvgIpc) is 2.35. The van der Waals surface area contributed by atoms with Gasteiger partial charge in [0.05, 0.1) is 0 Å². The summed E-state index contributed by atoms with van der Waals surface area (Å²) in [7, 11) is 0. The molecule has 0 atom stereocenters. The minimum atomic E-state index is -0.498. The molecule has 1 rings (SSSR count). The summed E-state index contributed by atoms with van der Waals surface area (Å²) >= 11 is 0. The van der Waals surface area contributed by atoms with Gasteiger partial charge in [-0.2, -0.15) is 0 Å². The van der Waals surface area contributed by atoms with Gasteiger partial charge in [0.25, 0.3) is 0 Å². The molecule has 0 aliphatic heterocycles. The fourth-order valence-electron chi connectivity index (χ4n) is 2.05. The number of Topliss-reactive ketones (excluding diaryl/α,β-unsaturated/α-hetero) is 1. The standard InChI is InChI=1S/C14H20FNO/c1-3-14(4-2,10-16)13(17)9-11-7-5-6-8-12(11)15/h5-8H,3-4,9-10,16H2,1-2H3. The number of hydrogen-bond donors (Lipinski definition) is 1. The van der Waals surface area contributed by atoms with Gasteiger partial charge in [-0.25, -0.2) is 4.39 Å². The molecule has 3 heteroatoms. The monoisotopic (exact) mass is 237 g/mol. The minimum Gasteiger partial charge on any atom is -0.329 e. The van der Waals surface area contributed by atoms with Crippen LogP contribution in [-0.2, 0) is 11.2 Å². The largest absolute Gasteiger partial charge is 0.329 e. The molecule has 2 nitrogen and oxygen atoms in total. The summed E-state index contributed by atoms with van der Waals surface area (Å²) in [6.07, 6.45) is 1.53. The lowest BCUT2D eigenvalue weighted by atomic mass is 9.76. The highest BCUT2D eigenvalue weighted by atomic mass is 19.1. The molecular formula is C14H20FNO. The first-order chi connectivity index (χ1) is 8.09. The fourth-order valence-corrected chi connectivity index (χ4v) is 2.05. The second-order valence-electron chi connectivity index (χ2n) is 4.38. The minimum absolute atomic E-state index is 0.0371. The SMILES string of the molecule is CCC(CC)(CN)C(=O)Cc1ccccc1F. The lowest BCUT2D eigenvalue weighted by Gasteiger charge is -2.28. The smallest absolute Gasteiger partial charge is 0.144 e. The van der Waals surface area contributed by atoms with Crippen LogP contribution in [0, 0.1) is 11.2 Å². The molecule has 1 aromatic carbocycles. The van der Waals surface area contributed by atoms with Crippen LogP contribution < -0.4 is 5.73 Å². The van der Waals surface area contributed by atoms with E-state index in [0.717, 1.165) is 0 Å². The Morgan fingerprint density at radius 3 is 2.35 bits per heavy atom. The van der Waals surface area contributed by atoms with E-state index in [2.05, 4.69) is 0 Å². The number of nitrogens with two attached hydrogens (primary N) is 1. The van der Waals surface area contributed by atoms with Gasteiger partial charge in [0.2, 0.25) is 0 Å². The molecule has 0 aliphatic carbocycles. The summed E-state index contributed by atoms with van der Waals surface area (Å²) < 4.78 is 13.5. The first kappa shape index (κ1) is 13.8. The van der Waals surface area contributed by atoms with Crippen LogP contribution in [0.25, 0.3) is 0 Å². The summed E-state index contributed by atoms with van der Waals surface area (Å²) in [5, 5.41) is 0. The summed E-state index contributed by atoms with van der Waals surface area (Å²) in [4.78, 5) is 12.2. The molecule has 0 saturated heterocycles. The molecule has 2 N–H and O–H groups in total. The number of ketones is 1. The van der Waals surface area contributed by atoms with Crippen molar-refractivity contribution in [2.24, 2.45) is 11.1 Å². The van der Waals surface area contributed by atoms with E-state index >= 15 is 0 Å².